The van der Waals surface area contributed by atoms with E-state index in [9.17, 15) is 9.59 Å². The summed E-state index contributed by atoms with van der Waals surface area (Å²) in [5, 5.41) is 2.74. The molecule has 104 valence electrons. The summed E-state index contributed by atoms with van der Waals surface area (Å²) in [7, 11) is 1.30. The Hall–Kier alpha value is -2.63. The molecular weight excluding hydrogens is 258 g/mol. The number of H-pyrrole nitrogens is 1. The highest BCUT2D eigenvalue weighted by Gasteiger charge is 2.08. The van der Waals surface area contributed by atoms with Gasteiger partial charge in [-0.25, -0.2) is 4.98 Å². The largest absolute Gasteiger partial charge is 0.469 e. The summed E-state index contributed by atoms with van der Waals surface area (Å²) in [6.07, 6.45) is 3.47. The first-order valence-electron chi connectivity index (χ1n) is 6.14. The summed E-state index contributed by atoms with van der Waals surface area (Å²) in [6, 6.07) is 7.38. The van der Waals surface area contributed by atoms with E-state index in [0.29, 0.717) is 5.69 Å². The van der Waals surface area contributed by atoms with Crippen molar-refractivity contribution in [3.8, 4) is 11.3 Å². The average molecular weight is 273 g/mol. The molecule has 0 spiro atoms. The molecular formula is C14H15N3O3. The SMILES string of the molecule is COC(=O)CCC(=O)Nc1cccc(-c2cnc[nH]2)c1. The van der Waals surface area contributed by atoms with Crippen LogP contribution in [0.15, 0.2) is 36.8 Å². The summed E-state index contributed by atoms with van der Waals surface area (Å²) in [6.45, 7) is 0. The van der Waals surface area contributed by atoms with Gasteiger partial charge in [0, 0.05) is 17.7 Å². The second-order valence-electron chi connectivity index (χ2n) is 4.17. The number of anilines is 1. The van der Waals surface area contributed by atoms with E-state index in [1.807, 2.05) is 18.2 Å². The third-order valence-electron chi connectivity index (χ3n) is 2.74. The molecule has 0 saturated heterocycles. The molecule has 6 nitrogen and oxygen atoms in total. The fourth-order valence-corrected chi connectivity index (χ4v) is 1.72. The molecule has 0 fully saturated rings. The Balaban J connectivity index is 1.98. The van der Waals surface area contributed by atoms with Crippen LogP contribution in [-0.2, 0) is 14.3 Å². The van der Waals surface area contributed by atoms with Crippen molar-refractivity contribution in [3.05, 3.63) is 36.8 Å². The van der Waals surface area contributed by atoms with Crippen molar-refractivity contribution >= 4 is 17.6 Å². The van der Waals surface area contributed by atoms with Crippen LogP contribution in [0.3, 0.4) is 0 Å². The number of methoxy groups -OCH3 is 1. The first-order valence-corrected chi connectivity index (χ1v) is 6.14. The third kappa shape index (κ3) is 3.68. The first-order chi connectivity index (χ1) is 9.69. The van der Waals surface area contributed by atoms with E-state index in [4.69, 9.17) is 0 Å². The molecule has 6 heteroatoms. The van der Waals surface area contributed by atoms with Crippen molar-refractivity contribution in [2.75, 3.05) is 12.4 Å². The van der Waals surface area contributed by atoms with Gasteiger partial charge in [-0.15, -0.1) is 0 Å². The van der Waals surface area contributed by atoms with Gasteiger partial charge in [-0.1, -0.05) is 12.1 Å². The molecule has 1 aromatic heterocycles. The molecule has 20 heavy (non-hydrogen) atoms. The van der Waals surface area contributed by atoms with Gasteiger partial charge in [0.05, 0.1) is 31.7 Å². The Morgan fingerprint density at radius 1 is 1.35 bits per heavy atom. The van der Waals surface area contributed by atoms with Crippen LogP contribution in [0.5, 0.6) is 0 Å². The molecule has 1 heterocycles. The number of amides is 1. The lowest BCUT2D eigenvalue weighted by Crippen LogP contribution is -2.13. The van der Waals surface area contributed by atoms with Crippen LogP contribution in [0.1, 0.15) is 12.8 Å². The summed E-state index contributed by atoms with van der Waals surface area (Å²) < 4.78 is 4.49. The van der Waals surface area contributed by atoms with Crippen LogP contribution >= 0.6 is 0 Å². The fraction of sp³-hybridized carbons (Fsp3) is 0.214. The van der Waals surface area contributed by atoms with Gasteiger partial charge in [0.2, 0.25) is 5.91 Å². The van der Waals surface area contributed by atoms with Crippen molar-refractivity contribution in [1.82, 2.24) is 9.97 Å². The van der Waals surface area contributed by atoms with Crippen LogP contribution < -0.4 is 5.32 Å². The predicted octanol–water partition coefficient (Wildman–Crippen LogP) is 1.97. The second kappa shape index (κ2) is 6.51. The highest BCUT2D eigenvalue weighted by molar-refractivity contribution is 5.93. The number of rotatable bonds is 5. The van der Waals surface area contributed by atoms with Gasteiger partial charge in [-0.05, 0) is 12.1 Å². The second-order valence-corrected chi connectivity index (χ2v) is 4.17. The van der Waals surface area contributed by atoms with Crippen molar-refractivity contribution in [3.63, 3.8) is 0 Å². The minimum atomic E-state index is -0.397. The lowest BCUT2D eigenvalue weighted by molar-refractivity contribution is -0.141. The van der Waals surface area contributed by atoms with E-state index >= 15 is 0 Å². The molecule has 0 aliphatic heterocycles. The van der Waals surface area contributed by atoms with E-state index in [-0.39, 0.29) is 18.7 Å². The summed E-state index contributed by atoms with van der Waals surface area (Å²) in [5.41, 5.74) is 2.47. The van der Waals surface area contributed by atoms with Gasteiger partial charge in [0.1, 0.15) is 0 Å². The Bertz CT molecular complexity index is 593. The molecule has 0 bridgehead atoms. The van der Waals surface area contributed by atoms with Crippen molar-refractivity contribution < 1.29 is 14.3 Å². The molecule has 2 aromatic rings. The minimum absolute atomic E-state index is 0.0720. The molecule has 0 aliphatic rings. The van der Waals surface area contributed by atoms with Gasteiger partial charge in [-0.3, -0.25) is 9.59 Å². The van der Waals surface area contributed by atoms with Crippen LogP contribution in [0.2, 0.25) is 0 Å². The number of carbonyl (C=O) groups excluding carboxylic acids is 2. The third-order valence-corrected chi connectivity index (χ3v) is 2.74. The quantitative estimate of drug-likeness (QED) is 0.816. The number of imidazole rings is 1. The van der Waals surface area contributed by atoms with E-state index in [0.717, 1.165) is 11.3 Å². The zero-order valence-corrected chi connectivity index (χ0v) is 11.1. The van der Waals surface area contributed by atoms with Gasteiger partial charge in [0.15, 0.2) is 0 Å². The molecule has 0 saturated carbocycles. The number of nitrogens with zero attached hydrogens (tertiary/aromatic N) is 1. The van der Waals surface area contributed by atoms with E-state index in [1.165, 1.54) is 7.11 Å². The maximum absolute atomic E-state index is 11.7. The van der Waals surface area contributed by atoms with Crippen molar-refractivity contribution in [1.29, 1.82) is 0 Å². The number of hydrogen-bond donors (Lipinski definition) is 2. The van der Waals surface area contributed by atoms with Crippen LogP contribution in [-0.4, -0.2) is 29.0 Å². The summed E-state index contributed by atoms with van der Waals surface area (Å²) in [5.74, 6) is -0.622. The predicted molar refractivity (Wildman–Crippen MR) is 73.9 cm³/mol. The zero-order valence-electron chi connectivity index (χ0n) is 11.1. The number of nitrogens with one attached hydrogen (secondary N) is 2. The number of benzene rings is 1. The fourth-order valence-electron chi connectivity index (χ4n) is 1.72. The standard InChI is InChI=1S/C14H15N3O3/c1-20-14(19)6-5-13(18)17-11-4-2-3-10(7-11)12-8-15-9-16-12/h2-4,7-9H,5-6H2,1H3,(H,15,16)(H,17,18). The maximum Gasteiger partial charge on any atom is 0.306 e. The maximum atomic E-state index is 11.7. The Kier molecular flexibility index (Phi) is 4.49. The number of esters is 1. The lowest BCUT2D eigenvalue weighted by Gasteiger charge is -2.06. The molecule has 0 unspecified atom stereocenters. The molecule has 1 aromatic carbocycles. The molecule has 2 N–H and O–H groups in total. The Labute approximate surface area is 116 Å². The highest BCUT2D eigenvalue weighted by atomic mass is 16.5. The number of hydrogen-bond acceptors (Lipinski definition) is 4. The van der Waals surface area contributed by atoms with Gasteiger partial charge in [-0.2, -0.15) is 0 Å². The van der Waals surface area contributed by atoms with Crippen LogP contribution in [0.25, 0.3) is 11.3 Å². The van der Waals surface area contributed by atoms with Gasteiger partial charge in [0.25, 0.3) is 0 Å². The number of ether oxygens (including phenoxy) is 1. The summed E-state index contributed by atoms with van der Waals surface area (Å²) in [4.78, 5) is 29.6. The molecule has 0 radical (unpaired) electrons. The molecule has 1 amide bonds. The Morgan fingerprint density at radius 2 is 2.20 bits per heavy atom. The average Bonchev–Trinajstić information content (AvgIpc) is 2.99. The van der Waals surface area contributed by atoms with Crippen LogP contribution in [0.4, 0.5) is 5.69 Å². The minimum Gasteiger partial charge on any atom is -0.469 e. The van der Waals surface area contributed by atoms with Crippen molar-refractivity contribution in [2.24, 2.45) is 0 Å². The number of aromatic amines is 1. The summed E-state index contributed by atoms with van der Waals surface area (Å²) >= 11 is 0. The lowest BCUT2D eigenvalue weighted by atomic mass is 10.1. The topological polar surface area (TPSA) is 84.1 Å². The number of carbonyl (C=O) groups is 2. The van der Waals surface area contributed by atoms with Crippen LogP contribution in [0, 0.1) is 0 Å². The van der Waals surface area contributed by atoms with E-state index in [2.05, 4.69) is 20.0 Å². The highest BCUT2D eigenvalue weighted by Crippen LogP contribution is 2.20. The zero-order chi connectivity index (χ0) is 14.4. The first kappa shape index (κ1) is 13.8. The smallest absolute Gasteiger partial charge is 0.306 e. The molecule has 0 atom stereocenters. The van der Waals surface area contributed by atoms with E-state index < -0.39 is 5.97 Å². The molecule has 0 aliphatic carbocycles. The normalized spacial score (nSPS) is 10.1. The van der Waals surface area contributed by atoms with Gasteiger partial charge < -0.3 is 15.0 Å². The monoisotopic (exact) mass is 273 g/mol. The van der Waals surface area contributed by atoms with Gasteiger partial charge >= 0.3 is 5.97 Å². The Morgan fingerprint density at radius 3 is 2.90 bits per heavy atom. The number of aromatic nitrogens is 2. The van der Waals surface area contributed by atoms with E-state index in [1.54, 1.807) is 18.6 Å². The van der Waals surface area contributed by atoms with Crippen molar-refractivity contribution in [2.45, 2.75) is 12.8 Å². The molecule has 2 rings (SSSR count).